The molecule has 0 atom stereocenters. The highest BCUT2D eigenvalue weighted by molar-refractivity contribution is 8.38. The molecule has 0 aliphatic heterocycles. The lowest BCUT2D eigenvalue weighted by atomic mass is 11.1. The van der Waals surface area contributed by atoms with Crippen molar-refractivity contribution in [2.24, 2.45) is 0 Å². The molecule has 13 heavy (non-hydrogen) atoms. The van der Waals surface area contributed by atoms with Crippen molar-refractivity contribution in [2.45, 2.75) is 0 Å². The van der Waals surface area contributed by atoms with E-state index in [9.17, 15) is 0 Å². The molecule has 0 amide bonds. The molecule has 0 fully saturated rings. The molecule has 0 bridgehead atoms. The molecular weight excluding hydrogens is 238 g/mol. The zero-order valence-corrected chi connectivity index (χ0v) is 10.2. The molecule has 0 N–H and O–H groups in total. The van der Waals surface area contributed by atoms with Gasteiger partial charge in [0.1, 0.15) is 14.1 Å². The smallest absolute Gasteiger partial charge is 0.224 e. The van der Waals surface area contributed by atoms with Crippen molar-refractivity contribution < 1.29 is 33.5 Å². The third-order valence-electron chi connectivity index (χ3n) is 0.714. The molecule has 0 unspecified atom stereocenters. The van der Waals surface area contributed by atoms with Crippen LogP contribution in [0.2, 0.25) is 0 Å². The van der Waals surface area contributed by atoms with E-state index in [1.165, 1.54) is 4.38 Å². The monoisotopic (exact) mass is 249 g/mol. The fraction of sp³-hybridized carbons (Fsp3) is 0.800. The van der Waals surface area contributed by atoms with Gasteiger partial charge in [0.05, 0.1) is 0 Å². The molecule has 0 radical (unpaired) electrons. The van der Waals surface area contributed by atoms with E-state index in [0.29, 0.717) is 0 Å². The average molecular weight is 250 g/mol. The fourth-order valence-corrected chi connectivity index (χ4v) is 1.85. The van der Waals surface area contributed by atoms with Crippen LogP contribution in [0.3, 0.4) is 0 Å². The molecule has 0 aliphatic rings. The van der Waals surface area contributed by atoms with Gasteiger partial charge in [-0.1, -0.05) is 23.5 Å². The van der Waals surface area contributed by atoms with Crippen LogP contribution in [0.25, 0.3) is 0 Å². The van der Waals surface area contributed by atoms with Crippen LogP contribution < -0.4 is 18.6 Å². The highest BCUT2D eigenvalue weighted by Gasteiger charge is 2.00. The zero-order valence-electron chi connectivity index (χ0n) is 7.77. The molecule has 80 valence electrons. The fourth-order valence-electron chi connectivity index (χ4n) is 0.448. The molecule has 0 aliphatic carbocycles. The Kier molecular flexibility index (Phi) is 9.65. The molecule has 8 heteroatoms. The van der Waals surface area contributed by atoms with Crippen LogP contribution >= 0.6 is 23.5 Å². The number of rotatable bonds is 0. The predicted octanol–water partition coefficient (Wildman–Crippen LogP) is -3.42. The molecular formula is C5H12ClNO4S2. The maximum Gasteiger partial charge on any atom is 0.268 e. The van der Waals surface area contributed by atoms with Gasteiger partial charge in [0.25, 0.3) is 4.38 Å². The first-order valence-electron chi connectivity index (χ1n) is 2.96. The summed E-state index contributed by atoms with van der Waals surface area (Å²) < 4.78 is 37.4. The van der Waals surface area contributed by atoms with Gasteiger partial charge in [-0.3, -0.25) is 0 Å². The summed E-state index contributed by atoms with van der Waals surface area (Å²) in [4.78, 5) is 0. The molecule has 0 rings (SSSR count). The van der Waals surface area contributed by atoms with Gasteiger partial charge < -0.3 is 0 Å². The van der Waals surface area contributed by atoms with E-state index in [1.807, 2.05) is 0 Å². The first-order chi connectivity index (χ1) is 5.72. The minimum absolute atomic E-state index is 1.35. The molecule has 0 aromatic heterocycles. The highest BCUT2D eigenvalue weighted by atomic mass is 35.7. The van der Waals surface area contributed by atoms with E-state index in [1.54, 1.807) is 23.5 Å². The van der Waals surface area contributed by atoms with Crippen molar-refractivity contribution in [3.63, 3.8) is 0 Å². The van der Waals surface area contributed by atoms with Gasteiger partial charge in [-0.05, 0) is 12.5 Å². The van der Waals surface area contributed by atoms with Crippen LogP contribution in [0.1, 0.15) is 0 Å². The number of halogens is 1. The number of hydrogen-bond donors (Lipinski definition) is 0. The van der Waals surface area contributed by atoms with E-state index in [0.717, 1.165) is 0 Å². The summed E-state index contributed by atoms with van der Waals surface area (Å²) in [5.41, 5.74) is 0. The third-order valence-corrected chi connectivity index (χ3v) is 3.14. The largest absolute Gasteiger partial charge is 0.268 e. The molecule has 0 saturated carbocycles. The average Bonchev–Trinajstić information content (AvgIpc) is 1.85. The standard InChI is InChI=1S/C5H12NS2.ClHO4/c1-6(2)5(7-3)8-4;2-1(3,4)5/h1-4H3;(H,2,3,4,5)/q+1;/p-1. The van der Waals surface area contributed by atoms with Gasteiger partial charge in [-0.2, -0.15) is 0 Å². The van der Waals surface area contributed by atoms with Gasteiger partial charge >= 0.3 is 0 Å². The van der Waals surface area contributed by atoms with Gasteiger partial charge in [0, 0.05) is 0 Å². The lowest BCUT2D eigenvalue weighted by molar-refractivity contribution is -2.00. The summed E-state index contributed by atoms with van der Waals surface area (Å²) in [5, 5.41) is 0. The van der Waals surface area contributed by atoms with E-state index >= 15 is 0 Å². The van der Waals surface area contributed by atoms with Crippen LogP contribution in [0.4, 0.5) is 0 Å². The Hall–Kier alpha value is 0.500. The molecule has 0 aromatic rings. The molecule has 5 nitrogen and oxygen atoms in total. The lowest BCUT2D eigenvalue weighted by Crippen LogP contribution is -2.68. The number of nitrogens with zero attached hydrogens (tertiary/aromatic N) is 1. The Morgan fingerprint density at radius 3 is 1.23 bits per heavy atom. The summed E-state index contributed by atoms with van der Waals surface area (Å²) >= 11 is 3.57. The van der Waals surface area contributed by atoms with E-state index in [2.05, 4.69) is 31.2 Å². The molecule has 0 spiro atoms. The van der Waals surface area contributed by atoms with Gasteiger partial charge in [0.2, 0.25) is 0 Å². The van der Waals surface area contributed by atoms with Crippen LogP contribution in [-0.4, -0.2) is 35.6 Å². The van der Waals surface area contributed by atoms with Crippen molar-refractivity contribution >= 4 is 27.9 Å². The van der Waals surface area contributed by atoms with Crippen LogP contribution in [-0.2, 0) is 0 Å². The Bertz CT molecular complexity index is 154. The van der Waals surface area contributed by atoms with E-state index in [-0.39, 0.29) is 0 Å². The Labute approximate surface area is 88.2 Å². The Balaban J connectivity index is 0. The molecule has 0 saturated heterocycles. The minimum Gasteiger partial charge on any atom is -0.224 e. The summed E-state index contributed by atoms with van der Waals surface area (Å²) in [7, 11) is -0.829. The second-order valence-corrected chi connectivity index (χ2v) is 4.55. The first-order valence-corrected chi connectivity index (χ1v) is 6.64. The van der Waals surface area contributed by atoms with E-state index in [4.69, 9.17) is 18.6 Å². The predicted molar refractivity (Wildman–Crippen MR) is 44.1 cm³/mol. The highest BCUT2D eigenvalue weighted by Crippen LogP contribution is 2.08. The van der Waals surface area contributed by atoms with Crippen LogP contribution in [0.5, 0.6) is 0 Å². The van der Waals surface area contributed by atoms with Crippen LogP contribution in [0.15, 0.2) is 0 Å². The molecule has 0 heterocycles. The number of hydrogen-bond acceptors (Lipinski definition) is 6. The topological polar surface area (TPSA) is 95.2 Å². The second-order valence-electron chi connectivity index (χ2n) is 1.95. The van der Waals surface area contributed by atoms with Crippen LogP contribution in [0, 0.1) is 10.2 Å². The van der Waals surface area contributed by atoms with Crippen molar-refractivity contribution in [3.8, 4) is 0 Å². The van der Waals surface area contributed by atoms with Crippen molar-refractivity contribution in [1.82, 2.24) is 0 Å². The first kappa shape index (κ1) is 15.9. The minimum atomic E-state index is -4.94. The van der Waals surface area contributed by atoms with Crippen molar-refractivity contribution in [1.29, 1.82) is 0 Å². The summed E-state index contributed by atoms with van der Waals surface area (Å²) in [6.07, 6.45) is 4.18. The quantitative estimate of drug-likeness (QED) is 0.252. The third kappa shape index (κ3) is 19.1. The van der Waals surface area contributed by atoms with Gasteiger partial charge in [-0.15, -0.1) is 10.2 Å². The second kappa shape index (κ2) is 7.86. The normalized spacial score (nSPS) is 10.2. The maximum atomic E-state index is 8.49. The summed E-state index contributed by atoms with van der Waals surface area (Å²) in [5.74, 6) is 0. The summed E-state index contributed by atoms with van der Waals surface area (Å²) in [6, 6.07) is 0. The summed E-state index contributed by atoms with van der Waals surface area (Å²) in [6.45, 7) is 0. The van der Waals surface area contributed by atoms with Gasteiger partial charge in [-0.25, -0.2) is 23.2 Å². The van der Waals surface area contributed by atoms with Gasteiger partial charge in [0.15, 0.2) is 0 Å². The SMILES string of the molecule is CSC(SC)=[N+](C)C.[O-][Cl+3]([O-])([O-])[O-]. The molecule has 0 aromatic carbocycles. The van der Waals surface area contributed by atoms with E-state index < -0.39 is 10.2 Å². The lowest BCUT2D eigenvalue weighted by Gasteiger charge is -2.17. The Morgan fingerprint density at radius 1 is 1.00 bits per heavy atom. The Morgan fingerprint density at radius 2 is 1.23 bits per heavy atom. The number of thioether (sulfide) groups is 2. The van der Waals surface area contributed by atoms with Crippen molar-refractivity contribution in [3.05, 3.63) is 0 Å². The zero-order chi connectivity index (χ0) is 11.1. The maximum absolute atomic E-state index is 8.49. The van der Waals surface area contributed by atoms with Crippen molar-refractivity contribution in [2.75, 3.05) is 26.6 Å².